The van der Waals surface area contributed by atoms with Crippen molar-refractivity contribution in [3.63, 3.8) is 0 Å². The molecule has 1 aromatic carbocycles. The predicted octanol–water partition coefficient (Wildman–Crippen LogP) is -2.71. The molecule has 1 aliphatic heterocycles. The molecular weight excluding hydrogens is 462 g/mol. The van der Waals surface area contributed by atoms with Crippen molar-refractivity contribution in [2.45, 2.75) is 66.9 Å². The molecule has 1 saturated heterocycles. The molecule has 0 radical (unpaired) electrons. The summed E-state index contributed by atoms with van der Waals surface area (Å²) in [5, 5.41) is 70.5. The van der Waals surface area contributed by atoms with E-state index in [9.17, 15) is 40.5 Å². The summed E-state index contributed by atoms with van der Waals surface area (Å²) in [6.07, 6.45) is -10.0. The molecule has 33 heavy (non-hydrogen) atoms. The third-order valence-electron chi connectivity index (χ3n) is 5.71. The number of aliphatic hydroxyl groups excluding tert-OH is 7. The summed E-state index contributed by atoms with van der Waals surface area (Å²) in [5.74, 6) is 0.257. The molecule has 1 saturated carbocycles. The van der Waals surface area contributed by atoms with Gasteiger partial charge in [0.2, 0.25) is 6.29 Å². The molecule has 186 valence electrons. The zero-order chi connectivity index (χ0) is 24.3. The van der Waals surface area contributed by atoms with Gasteiger partial charge in [-0.15, -0.1) is 0 Å². The van der Waals surface area contributed by atoms with E-state index in [0.29, 0.717) is 5.56 Å². The first-order valence-electron chi connectivity index (χ1n) is 10.2. The molecule has 0 unspecified atom stereocenters. The van der Waals surface area contributed by atoms with Crippen LogP contribution in [0.5, 0.6) is 5.75 Å². The van der Waals surface area contributed by atoms with Crippen molar-refractivity contribution < 1.29 is 54.8 Å². The number of benzene rings is 1. The molecule has 0 spiro atoms. The fourth-order valence-corrected chi connectivity index (χ4v) is 4.72. The van der Waals surface area contributed by atoms with Gasteiger partial charge in [0.25, 0.3) is 0 Å². The van der Waals surface area contributed by atoms with Crippen molar-refractivity contribution in [1.82, 2.24) is 5.32 Å². The minimum absolute atomic E-state index is 0.121. The number of carbonyl (C=O) groups is 1. The van der Waals surface area contributed by atoms with Crippen LogP contribution in [0.2, 0.25) is 0 Å². The maximum Gasteiger partial charge on any atom is 0.407 e. The van der Waals surface area contributed by atoms with Crippen molar-refractivity contribution in [3.05, 3.63) is 29.8 Å². The Morgan fingerprint density at radius 3 is 2.21 bits per heavy atom. The monoisotopic (exact) mass is 491 g/mol. The smallest absolute Gasteiger partial charge is 0.407 e. The van der Waals surface area contributed by atoms with E-state index in [4.69, 9.17) is 14.2 Å². The molecule has 12 nitrogen and oxygen atoms in total. The largest absolute Gasteiger partial charge is 0.462 e. The van der Waals surface area contributed by atoms with Crippen LogP contribution in [-0.4, -0.2) is 115 Å². The molecule has 1 aliphatic carbocycles. The van der Waals surface area contributed by atoms with E-state index in [0.717, 1.165) is 0 Å². The van der Waals surface area contributed by atoms with Crippen LogP contribution in [0.15, 0.2) is 24.3 Å². The van der Waals surface area contributed by atoms with Crippen molar-refractivity contribution >= 4 is 17.9 Å². The zero-order valence-corrected chi connectivity index (χ0v) is 18.5. The van der Waals surface area contributed by atoms with Crippen LogP contribution in [0, 0.1) is 0 Å². The molecule has 0 aromatic heterocycles. The summed E-state index contributed by atoms with van der Waals surface area (Å²) in [5.41, 5.74) is 0.583. The maximum absolute atomic E-state index is 12.1. The quantitative estimate of drug-likeness (QED) is 0.196. The number of aliphatic hydroxyl groups is 7. The van der Waals surface area contributed by atoms with Crippen LogP contribution in [0.3, 0.4) is 0 Å². The number of nitrogens with one attached hydrogen (secondary N) is 1. The van der Waals surface area contributed by atoms with Gasteiger partial charge in [-0.05, 0) is 24.0 Å². The van der Waals surface area contributed by atoms with Crippen molar-refractivity contribution in [2.75, 3.05) is 12.9 Å². The van der Waals surface area contributed by atoms with Gasteiger partial charge in [0.1, 0.15) is 49.0 Å². The molecule has 1 aromatic rings. The molecule has 0 bridgehead atoms. The molecule has 13 heteroatoms. The highest BCUT2D eigenvalue weighted by Gasteiger charge is 2.49. The van der Waals surface area contributed by atoms with Gasteiger partial charge in [-0.25, -0.2) is 4.79 Å². The SMILES string of the molecule is CS[C@H]1[C@H](O)[C@H](O)[C@@H](O)[C@@H]1NC(=O)OCc1ccc(O[C@H]2O[C@H](CO)[C@@H](O)[C@H](O)[C@@H]2O)cc1. The van der Waals surface area contributed by atoms with Gasteiger partial charge in [-0.3, -0.25) is 0 Å². The van der Waals surface area contributed by atoms with Gasteiger partial charge >= 0.3 is 6.09 Å². The highest BCUT2D eigenvalue weighted by molar-refractivity contribution is 7.99. The van der Waals surface area contributed by atoms with Crippen LogP contribution in [-0.2, 0) is 16.1 Å². The summed E-state index contributed by atoms with van der Waals surface area (Å²) in [4.78, 5) is 12.1. The third-order valence-corrected chi connectivity index (χ3v) is 6.83. The first-order valence-corrected chi connectivity index (χ1v) is 11.5. The lowest BCUT2D eigenvalue weighted by Gasteiger charge is -2.39. The van der Waals surface area contributed by atoms with Crippen molar-refractivity contribution in [2.24, 2.45) is 0 Å². The number of thioether (sulfide) groups is 1. The molecule has 2 aliphatic rings. The lowest BCUT2D eigenvalue weighted by molar-refractivity contribution is -0.277. The molecule has 1 heterocycles. The van der Waals surface area contributed by atoms with Crippen LogP contribution >= 0.6 is 11.8 Å². The molecule has 3 rings (SSSR count). The normalized spacial score (nSPS) is 38.7. The molecule has 2 fully saturated rings. The Bertz CT molecular complexity index is 782. The highest BCUT2D eigenvalue weighted by atomic mass is 32.2. The Labute approximate surface area is 193 Å². The predicted molar refractivity (Wildman–Crippen MR) is 113 cm³/mol. The van der Waals surface area contributed by atoms with Gasteiger partial charge in [-0.2, -0.15) is 11.8 Å². The summed E-state index contributed by atoms with van der Waals surface area (Å²) in [7, 11) is 0. The first kappa shape index (κ1) is 25.9. The van der Waals surface area contributed by atoms with Gasteiger partial charge in [-0.1, -0.05) is 12.1 Å². The number of carbonyl (C=O) groups excluding carboxylic acids is 1. The van der Waals surface area contributed by atoms with E-state index in [-0.39, 0.29) is 12.4 Å². The second kappa shape index (κ2) is 11.2. The summed E-state index contributed by atoms with van der Waals surface area (Å²) < 4.78 is 15.9. The standard InChI is InChI=1S/C20H29NO11S/c1-33-18-11(13(24)15(26)16(18)27)21-20(29)30-7-8-2-4-9(5-3-8)31-19-17(28)14(25)12(23)10(6-22)32-19/h2-5,10-19,22-28H,6-7H2,1H3,(H,21,29)/t10-,11+,12-,13+,14+,15-,16-,17+,18-,19+/m1/s1. The minimum atomic E-state index is -1.56. The van der Waals surface area contributed by atoms with Gasteiger partial charge in [0, 0.05) is 0 Å². The average molecular weight is 492 g/mol. The third kappa shape index (κ3) is 5.70. The number of ether oxygens (including phenoxy) is 3. The first-order chi connectivity index (χ1) is 15.7. The molecule has 1 amide bonds. The van der Waals surface area contributed by atoms with Crippen molar-refractivity contribution in [3.8, 4) is 5.75 Å². The Kier molecular flexibility index (Phi) is 8.77. The van der Waals surface area contributed by atoms with Crippen LogP contribution in [0.25, 0.3) is 0 Å². The van der Waals surface area contributed by atoms with E-state index in [1.54, 1.807) is 18.4 Å². The van der Waals surface area contributed by atoms with Gasteiger partial charge < -0.3 is 55.3 Å². The number of rotatable bonds is 7. The summed E-state index contributed by atoms with van der Waals surface area (Å²) in [6, 6.07) is 5.29. The molecule has 10 atom stereocenters. The Hall–Kier alpha value is -1.68. The van der Waals surface area contributed by atoms with Crippen LogP contribution in [0.1, 0.15) is 5.56 Å². The van der Waals surface area contributed by atoms with Gasteiger partial charge in [0.15, 0.2) is 0 Å². The average Bonchev–Trinajstić information content (AvgIpc) is 3.01. The lowest BCUT2D eigenvalue weighted by atomic mass is 9.99. The fraction of sp³-hybridized carbons (Fsp3) is 0.650. The number of amides is 1. The van der Waals surface area contributed by atoms with Crippen LogP contribution in [0.4, 0.5) is 4.79 Å². The topological polar surface area (TPSA) is 198 Å². The van der Waals surface area contributed by atoms with E-state index in [1.807, 2.05) is 0 Å². The van der Waals surface area contributed by atoms with E-state index in [2.05, 4.69) is 5.32 Å². The second-order valence-electron chi connectivity index (χ2n) is 7.88. The number of hydrogen-bond donors (Lipinski definition) is 8. The minimum Gasteiger partial charge on any atom is -0.462 e. The van der Waals surface area contributed by atoms with E-state index < -0.39 is 73.0 Å². The van der Waals surface area contributed by atoms with Crippen LogP contribution < -0.4 is 10.1 Å². The van der Waals surface area contributed by atoms with E-state index >= 15 is 0 Å². The van der Waals surface area contributed by atoms with Crippen molar-refractivity contribution in [1.29, 1.82) is 0 Å². The summed E-state index contributed by atoms with van der Waals surface area (Å²) in [6.45, 7) is -0.694. The number of alkyl carbamates (subject to hydrolysis) is 1. The van der Waals surface area contributed by atoms with E-state index in [1.165, 1.54) is 23.9 Å². The highest BCUT2D eigenvalue weighted by Crippen LogP contribution is 2.30. The number of hydrogen-bond acceptors (Lipinski definition) is 12. The fourth-order valence-electron chi connectivity index (χ4n) is 3.76. The Morgan fingerprint density at radius 1 is 0.970 bits per heavy atom. The lowest BCUT2D eigenvalue weighted by Crippen LogP contribution is -2.60. The Balaban J connectivity index is 1.51. The van der Waals surface area contributed by atoms with Gasteiger partial charge in [0.05, 0.1) is 24.0 Å². The molecule has 8 N–H and O–H groups in total. The summed E-state index contributed by atoms with van der Waals surface area (Å²) >= 11 is 1.20. The molecular formula is C20H29NO11S. The second-order valence-corrected chi connectivity index (χ2v) is 8.89. The Morgan fingerprint density at radius 2 is 1.61 bits per heavy atom. The maximum atomic E-state index is 12.1. The zero-order valence-electron chi connectivity index (χ0n) is 17.7.